The Labute approximate surface area is 827 Å². The van der Waals surface area contributed by atoms with Gasteiger partial charge in [0, 0.05) is 0 Å². The van der Waals surface area contributed by atoms with E-state index < -0.39 is 79.3 Å². The third-order valence-corrected chi connectivity index (χ3v) is 55.0. The smallest absolute Gasteiger partial charge is 0.461 e. The van der Waals surface area contributed by atoms with Crippen molar-refractivity contribution in [3.63, 3.8) is 0 Å². The van der Waals surface area contributed by atoms with Gasteiger partial charge in [0.15, 0.2) is 0 Å². The molecule has 0 N–H and O–H groups in total. The minimum absolute atomic E-state index is 0. The first-order chi connectivity index (χ1) is 64.3. The number of rotatable bonds is 48. The molecule has 0 heterocycles. The number of ether oxygens (including phenoxy) is 4. The van der Waals surface area contributed by atoms with Crippen LogP contribution < -0.4 is 63.2 Å². The summed E-state index contributed by atoms with van der Waals surface area (Å²) in [6, 6.07) is 131. The molecule has 12 aromatic rings. The molecule has 8 nitrogen and oxygen atoms in total. The van der Waals surface area contributed by atoms with Crippen molar-refractivity contribution in [2.24, 2.45) is 0 Å². The van der Waals surface area contributed by atoms with Crippen LogP contribution in [0.25, 0.3) is 0 Å². The zero-order chi connectivity index (χ0) is 95.8. The van der Waals surface area contributed by atoms with E-state index in [1.807, 2.05) is 6.92 Å². The summed E-state index contributed by atoms with van der Waals surface area (Å²) in [6.07, 6.45) is 9.32. The first kappa shape index (κ1) is 110. The van der Waals surface area contributed by atoms with Gasteiger partial charge in [0.25, 0.3) is 0 Å². The van der Waals surface area contributed by atoms with Crippen molar-refractivity contribution in [2.75, 3.05) is 24.6 Å². The fraction of sp³-hybridized carbons (Fsp3) is 0.295. The van der Waals surface area contributed by atoms with E-state index in [1.54, 1.807) is 0 Å². The molecular formula is C112H135BF4O8P4PdSi5+. The molecule has 3 radical (unpaired) electrons. The number of halogens is 4. The Morgan fingerprint density at radius 3 is 0.541 bits per heavy atom. The SMILES string of the molecule is C[Si](C)(CCC[Si](CCC[Si](C)(C)c1ccc(COC(=O)CCP(c2ccccc2)c2ccccc2)cc1)(CCC[Si](C)(C)c1ccc(COC(=O)CCP(c2ccccc2)c2ccccc2)cc1)CCC[Si](C)(C)c1ccc(COC(=O)CCP(c2ccccc2)c2ccccc2)cc1)c1ccc(COC(=O)CCP(c2ccccc2)c2ccccc2)cc1.F[B-](F)(F)F.[CH2][C]([CH2])C.[Pd+2]. The number of benzene rings is 12. The zero-order valence-electron chi connectivity index (χ0n) is 80.2. The third-order valence-electron chi connectivity index (χ3n) is 25.3. The first-order valence-corrected chi connectivity index (χ1v) is 68.9. The maximum Gasteiger partial charge on any atom is 2.00 e. The predicted molar refractivity (Wildman–Crippen MR) is 580 cm³/mol. The van der Waals surface area contributed by atoms with E-state index in [-0.39, 0.29) is 70.7 Å². The molecule has 0 bridgehead atoms. The largest absolute Gasteiger partial charge is 2.00 e. The molecular weight excluding hydrogens is 1930 g/mol. The Kier molecular flexibility index (Phi) is 45.9. The standard InChI is InChI=1S/C108H128O8P4Si5.C4H7.BF4.Pd/c1-121(2,101-61-53-89(54-62-101)85-113-105(109)69-73-117(93-37-17-9-18-38-93)94-39-19-10-20-40-94)77-33-81-125(82-34-78-122(3,4)102-63-55-90(56-64-102)86-114-106(110)70-74-118(95-41-21-11-22-42-95)96-43-23-12-24-44-96,83-35-79-123(5,6)103-65-57-91(58-66-103)87-115-107(111)71-75-119(97-45-25-13-26-46-97)98-47-27-14-28-48-98)84-36-80-124(7,8)104-67-59-92(60-68-104)88-116-108(112)72-76-120(99-49-29-15-30-50-99)100-51-31-16-32-52-100;1-4(2)3;2-1(3,4)5;/h9-32,37-68H,33-36,69-88H2,1-8H3;1-2H2,3H3;;/q;;-1;+2. The van der Waals surface area contributed by atoms with E-state index in [2.05, 4.69) is 406 Å². The fourth-order valence-corrected chi connectivity index (χ4v) is 42.8. The summed E-state index contributed by atoms with van der Waals surface area (Å²) in [5.41, 5.74) is 4.10. The Bertz CT molecular complexity index is 4620. The second-order valence-corrected chi connectivity index (χ2v) is 71.3. The summed E-state index contributed by atoms with van der Waals surface area (Å²) in [4.78, 5) is 54.1. The Morgan fingerprint density at radius 1 is 0.259 bits per heavy atom. The average Bonchev–Trinajstić information content (AvgIpc) is 0.812. The summed E-state index contributed by atoms with van der Waals surface area (Å²) >= 11 is 0. The van der Waals surface area contributed by atoms with Crippen LogP contribution in [-0.4, -0.2) is 96.1 Å². The molecule has 0 fully saturated rings. The molecule has 0 saturated carbocycles. The Hall–Kier alpha value is -8.23. The molecule has 12 rings (SSSR count). The molecule has 0 aliphatic heterocycles. The predicted octanol–water partition coefficient (Wildman–Crippen LogP) is 24.3. The maximum absolute atomic E-state index is 13.5. The van der Waals surface area contributed by atoms with Gasteiger partial charge in [-0.3, -0.25) is 19.2 Å². The molecule has 0 unspecified atom stereocenters. The molecule has 12 aromatic carbocycles. The molecule has 0 amide bonds. The van der Waals surface area contributed by atoms with Crippen LogP contribution in [0.15, 0.2) is 340 Å². The second-order valence-electron chi connectivity index (χ2n) is 37.6. The summed E-state index contributed by atoms with van der Waals surface area (Å²) in [7, 11) is -18.6. The van der Waals surface area contributed by atoms with Crippen molar-refractivity contribution in [1.82, 2.24) is 0 Å². The van der Waals surface area contributed by atoms with Gasteiger partial charge < -0.3 is 36.2 Å². The van der Waals surface area contributed by atoms with E-state index in [0.29, 0.717) is 25.7 Å². The van der Waals surface area contributed by atoms with Crippen molar-refractivity contribution < 1.29 is 75.8 Å². The van der Waals surface area contributed by atoms with Gasteiger partial charge in [-0.05, 0) is 141 Å². The van der Waals surface area contributed by atoms with Crippen LogP contribution in [0.1, 0.15) is 80.5 Å². The minimum Gasteiger partial charge on any atom is -0.461 e. The zero-order valence-corrected chi connectivity index (χ0v) is 90.3. The van der Waals surface area contributed by atoms with Gasteiger partial charge in [0.2, 0.25) is 0 Å². The minimum atomic E-state index is -6.00. The van der Waals surface area contributed by atoms with Gasteiger partial charge in [-0.25, -0.2) is 0 Å². The van der Waals surface area contributed by atoms with Gasteiger partial charge >= 0.3 is 51.6 Å². The van der Waals surface area contributed by atoms with Crippen molar-refractivity contribution in [1.29, 1.82) is 0 Å². The van der Waals surface area contributed by atoms with E-state index in [1.165, 1.54) is 137 Å². The first-order valence-electron chi connectivity index (χ1n) is 47.1. The van der Waals surface area contributed by atoms with Crippen LogP contribution in [0, 0.1) is 19.8 Å². The van der Waals surface area contributed by atoms with E-state index in [4.69, 9.17) is 18.9 Å². The molecule has 0 aliphatic carbocycles. The normalized spacial score (nSPS) is 11.9. The maximum atomic E-state index is 13.5. The van der Waals surface area contributed by atoms with E-state index in [9.17, 15) is 36.4 Å². The van der Waals surface area contributed by atoms with Gasteiger partial charge in [0.05, 0.1) is 66.1 Å². The number of carbonyl (C=O) groups is 4. The molecule has 135 heavy (non-hydrogen) atoms. The van der Waals surface area contributed by atoms with Gasteiger partial charge in [-0.1, -0.05) is 494 Å². The van der Waals surface area contributed by atoms with Crippen molar-refractivity contribution in [3.8, 4) is 0 Å². The van der Waals surface area contributed by atoms with Crippen molar-refractivity contribution in [3.05, 3.63) is 382 Å². The number of carbonyl (C=O) groups excluding carboxylic acids is 4. The molecule has 0 saturated heterocycles. The Balaban J connectivity index is 0.00000195. The monoisotopic (exact) mass is 2060 g/mol. The van der Waals surface area contributed by atoms with Gasteiger partial charge in [0.1, 0.15) is 26.4 Å². The average molecular weight is 2070 g/mol. The molecule has 711 valence electrons. The molecule has 0 spiro atoms. The molecule has 0 aliphatic rings. The van der Waals surface area contributed by atoms with Crippen LogP contribution >= 0.6 is 31.7 Å². The van der Waals surface area contributed by atoms with Crippen LogP contribution in [0.4, 0.5) is 17.3 Å². The van der Waals surface area contributed by atoms with Crippen LogP contribution in [0.5, 0.6) is 0 Å². The summed E-state index contributed by atoms with van der Waals surface area (Å²) in [5.74, 6) is 0.294. The Morgan fingerprint density at radius 2 is 0.400 bits per heavy atom. The van der Waals surface area contributed by atoms with Crippen LogP contribution in [0.3, 0.4) is 0 Å². The molecule has 0 aromatic heterocycles. The third kappa shape index (κ3) is 38.5. The van der Waals surface area contributed by atoms with Crippen LogP contribution in [-0.2, 0) is 85.0 Å². The number of hydrogen-bond acceptors (Lipinski definition) is 8. The van der Waals surface area contributed by atoms with Crippen molar-refractivity contribution >= 4 is 166 Å². The topological polar surface area (TPSA) is 105 Å². The summed E-state index contributed by atoms with van der Waals surface area (Å²) in [5, 5.41) is 16.0. The second kappa shape index (κ2) is 56.1. The number of hydrogen-bond donors (Lipinski definition) is 0. The van der Waals surface area contributed by atoms with E-state index >= 15 is 0 Å². The van der Waals surface area contributed by atoms with Crippen LogP contribution in [0.2, 0.25) is 101 Å². The van der Waals surface area contributed by atoms with E-state index in [0.717, 1.165) is 52.8 Å². The van der Waals surface area contributed by atoms with Gasteiger partial charge in [-0.15, -0.1) is 0 Å². The molecule has 23 heteroatoms. The summed E-state index contributed by atoms with van der Waals surface area (Å²) in [6.45, 7) is 30.4. The quantitative estimate of drug-likeness (QED) is 0.0122. The van der Waals surface area contributed by atoms with Gasteiger partial charge in [-0.2, -0.15) is 0 Å². The summed E-state index contributed by atoms with van der Waals surface area (Å²) < 4.78 is 63.1. The molecule has 0 atom stereocenters. The van der Waals surface area contributed by atoms with Crippen molar-refractivity contribution in [2.45, 2.75) is 185 Å². The fourth-order valence-electron chi connectivity index (χ4n) is 17.4. The number of esters is 4.